The van der Waals surface area contributed by atoms with Gasteiger partial charge in [0.05, 0.1) is 0 Å². The van der Waals surface area contributed by atoms with Crippen LogP contribution in [0.25, 0.3) is 0 Å². The van der Waals surface area contributed by atoms with Crippen LogP contribution in [0.15, 0.2) is 78.9 Å². The molecule has 0 aliphatic heterocycles. The van der Waals surface area contributed by atoms with Crippen LogP contribution in [-0.4, -0.2) is 0 Å². The lowest BCUT2D eigenvalue weighted by molar-refractivity contribution is 0.295. The van der Waals surface area contributed by atoms with Gasteiger partial charge in [-0.25, -0.2) is 4.39 Å². The molecule has 0 fully saturated rings. The molecule has 1 atom stereocenters. The summed E-state index contributed by atoms with van der Waals surface area (Å²) in [4.78, 5) is 0. The average Bonchev–Trinajstić information content (AvgIpc) is 2.72. The lowest BCUT2D eigenvalue weighted by atomic mass is 10.0. The lowest BCUT2D eigenvalue weighted by Crippen LogP contribution is -2.21. The summed E-state index contributed by atoms with van der Waals surface area (Å²) in [5.41, 5.74) is 2.93. The largest absolute Gasteiger partial charge is 0.488 e. The fraction of sp³-hybridized carbons (Fsp3) is 0.250. The van der Waals surface area contributed by atoms with Crippen molar-refractivity contribution in [1.82, 2.24) is 5.32 Å². The zero-order valence-electron chi connectivity index (χ0n) is 16.1. The standard InChI is InChI=1S/C24H26FNO.ClH/c1-2-10-23(19-11-4-3-5-12-19)26-17-20-13-7-9-16-24(20)27-18-21-14-6-8-15-22(21)25;/h3-9,11-16,23,26H,2,10,17-18H2,1H3;1H. The molecule has 1 N–H and O–H groups in total. The first-order valence-corrected chi connectivity index (χ1v) is 9.50. The zero-order chi connectivity index (χ0) is 18.9. The van der Waals surface area contributed by atoms with Gasteiger partial charge in [-0.2, -0.15) is 0 Å². The van der Waals surface area contributed by atoms with E-state index in [2.05, 4.69) is 42.6 Å². The highest BCUT2D eigenvalue weighted by Gasteiger charge is 2.11. The third-order valence-corrected chi connectivity index (χ3v) is 4.63. The van der Waals surface area contributed by atoms with Gasteiger partial charge in [-0.15, -0.1) is 12.4 Å². The minimum atomic E-state index is -0.236. The lowest BCUT2D eigenvalue weighted by Gasteiger charge is -2.20. The molecule has 3 aromatic rings. The minimum absolute atomic E-state index is 0. The van der Waals surface area contributed by atoms with Gasteiger partial charge in [0.25, 0.3) is 0 Å². The molecule has 3 rings (SSSR count). The van der Waals surface area contributed by atoms with Crippen molar-refractivity contribution in [2.24, 2.45) is 0 Å². The summed E-state index contributed by atoms with van der Waals surface area (Å²) in [6, 6.07) is 25.5. The first kappa shape index (κ1) is 21.9. The molecule has 28 heavy (non-hydrogen) atoms. The van der Waals surface area contributed by atoms with E-state index in [0.717, 1.165) is 24.2 Å². The van der Waals surface area contributed by atoms with Gasteiger partial charge in [0.15, 0.2) is 0 Å². The molecular formula is C24H27ClFNO. The molecule has 4 heteroatoms. The van der Waals surface area contributed by atoms with Gasteiger partial charge in [0, 0.05) is 23.7 Å². The maximum absolute atomic E-state index is 13.8. The Kier molecular flexibility index (Phi) is 8.99. The Balaban J connectivity index is 0.00000280. The minimum Gasteiger partial charge on any atom is -0.488 e. The van der Waals surface area contributed by atoms with Crippen molar-refractivity contribution in [2.75, 3.05) is 0 Å². The van der Waals surface area contributed by atoms with Crippen molar-refractivity contribution in [3.05, 3.63) is 101 Å². The molecule has 0 bridgehead atoms. The van der Waals surface area contributed by atoms with Crippen LogP contribution < -0.4 is 10.1 Å². The fourth-order valence-corrected chi connectivity index (χ4v) is 3.16. The van der Waals surface area contributed by atoms with Gasteiger partial charge < -0.3 is 10.1 Å². The molecule has 0 radical (unpaired) electrons. The highest BCUT2D eigenvalue weighted by atomic mass is 35.5. The summed E-state index contributed by atoms with van der Waals surface area (Å²) >= 11 is 0. The molecule has 0 aliphatic carbocycles. The van der Waals surface area contributed by atoms with E-state index in [-0.39, 0.29) is 24.8 Å². The van der Waals surface area contributed by atoms with Gasteiger partial charge >= 0.3 is 0 Å². The molecule has 0 aliphatic rings. The highest BCUT2D eigenvalue weighted by Crippen LogP contribution is 2.23. The third kappa shape index (κ3) is 6.08. The normalized spacial score (nSPS) is 11.5. The topological polar surface area (TPSA) is 21.3 Å². The highest BCUT2D eigenvalue weighted by molar-refractivity contribution is 5.85. The maximum Gasteiger partial charge on any atom is 0.129 e. The zero-order valence-corrected chi connectivity index (χ0v) is 16.9. The molecule has 2 nitrogen and oxygen atoms in total. The number of benzene rings is 3. The van der Waals surface area contributed by atoms with Crippen molar-refractivity contribution < 1.29 is 9.13 Å². The fourth-order valence-electron chi connectivity index (χ4n) is 3.16. The van der Waals surface area contributed by atoms with Crippen LogP contribution in [0, 0.1) is 5.82 Å². The first-order valence-electron chi connectivity index (χ1n) is 9.50. The van der Waals surface area contributed by atoms with Crippen molar-refractivity contribution in [3.8, 4) is 5.75 Å². The van der Waals surface area contributed by atoms with E-state index < -0.39 is 0 Å². The number of halogens is 2. The number of ether oxygens (including phenoxy) is 1. The second-order valence-corrected chi connectivity index (χ2v) is 6.62. The maximum atomic E-state index is 13.8. The second kappa shape index (κ2) is 11.5. The van der Waals surface area contributed by atoms with Crippen molar-refractivity contribution in [2.45, 2.75) is 39.0 Å². The first-order chi connectivity index (χ1) is 13.3. The Hall–Kier alpha value is -2.36. The van der Waals surface area contributed by atoms with Crippen molar-refractivity contribution >= 4 is 12.4 Å². The van der Waals surface area contributed by atoms with Crippen LogP contribution in [0.1, 0.15) is 42.5 Å². The molecule has 3 aromatic carbocycles. The van der Waals surface area contributed by atoms with Crippen LogP contribution in [0.4, 0.5) is 4.39 Å². The summed E-state index contributed by atoms with van der Waals surface area (Å²) in [5, 5.41) is 3.65. The van der Waals surface area contributed by atoms with Crippen LogP contribution in [0.2, 0.25) is 0 Å². The van der Waals surface area contributed by atoms with E-state index in [1.807, 2.05) is 30.3 Å². The Morgan fingerprint density at radius 1 is 0.857 bits per heavy atom. The Labute approximate surface area is 173 Å². The van der Waals surface area contributed by atoms with Crippen LogP contribution in [-0.2, 0) is 13.2 Å². The molecular weight excluding hydrogens is 373 g/mol. The molecule has 0 spiro atoms. The number of para-hydroxylation sites is 1. The van der Waals surface area contributed by atoms with Gasteiger partial charge in [-0.3, -0.25) is 0 Å². The Morgan fingerprint density at radius 2 is 1.50 bits per heavy atom. The molecule has 1 unspecified atom stereocenters. The summed E-state index contributed by atoms with van der Waals surface area (Å²) in [7, 11) is 0. The van der Waals surface area contributed by atoms with Crippen LogP contribution in [0.5, 0.6) is 5.75 Å². The molecule has 0 heterocycles. The summed E-state index contributed by atoms with van der Waals surface area (Å²) in [6.07, 6.45) is 2.18. The number of rotatable bonds is 9. The van der Waals surface area contributed by atoms with Gasteiger partial charge in [-0.1, -0.05) is 80.1 Å². The molecule has 148 valence electrons. The van der Waals surface area contributed by atoms with E-state index >= 15 is 0 Å². The van der Waals surface area contributed by atoms with E-state index in [1.165, 1.54) is 11.6 Å². The second-order valence-electron chi connectivity index (χ2n) is 6.62. The third-order valence-electron chi connectivity index (χ3n) is 4.63. The SMILES string of the molecule is CCCC(NCc1ccccc1OCc1ccccc1F)c1ccccc1.Cl. The number of hydrogen-bond acceptors (Lipinski definition) is 2. The Bertz CT molecular complexity index is 841. The number of hydrogen-bond donors (Lipinski definition) is 1. The smallest absolute Gasteiger partial charge is 0.129 e. The quantitative estimate of drug-likeness (QED) is 0.446. The van der Waals surface area contributed by atoms with E-state index in [4.69, 9.17) is 4.74 Å². The van der Waals surface area contributed by atoms with Crippen molar-refractivity contribution in [3.63, 3.8) is 0 Å². The monoisotopic (exact) mass is 399 g/mol. The van der Waals surface area contributed by atoms with Gasteiger partial charge in [0.1, 0.15) is 18.2 Å². The van der Waals surface area contributed by atoms with E-state index in [9.17, 15) is 4.39 Å². The van der Waals surface area contributed by atoms with Crippen LogP contribution in [0.3, 0.4) is 0 Å². The Morgan fingerprint density at radius 3 is 2.21 bits per heavy atom. The number of nitrogens with one attached hydrogen (secondary N) is 1. The predicted molar refractivity (Wildman–Crippen MR) is 115 cm³/mol. The average molecular weight is 400 g/mol. The summed E-state index contributed by atoms with van der Waals surface area (Å²) < 4.78 is 19.7. The summed E-state index contributed by atoms with van der Waals surface area (Å²) in [6.45, 7) is 3.12. The summed E-state index contributed by atoms with van der Waals surface area (Å²) in [5.74, 6) is 0.553. The molecule has 0 amide bonds. The van der Waals surface area contributed by atoms with Gasteiger partial charge in [0.2, 0.25) is 0 Å². The molecule has 0 aromatic heterocycles. The molecule has 0 saturated carbocycles. The van der Waals surface area contributed by atoms with E-state index in [0.29, 0.717) is 18.2 Å². The van der Waals surface area contributed by atoms with E-state index in [1.54, 1.807) is 12.1 Å². The predicted octanol–water partition coefficient (Wildman–Crippen LogP) is 6.46. The van der Waals surface area contributed by atoms with Crippen molar-refractivity contribution in [1.29, 1.82) is 0 Å². The molecule has 0 saturated heterocycles. The van der Waals surface area contributed by atoms with Crippen LogP contribution >= 0.6 is 12.4 Å². The van der Waals surface area contributed by atoms with Gasteiger partial charge in [-0.05, 0) is 24.1 Å².